The molecule has 1 aliphatic rings. The van der Waals surface area contributed by atoms with E-state index in [4.69, 9.17) is 19.3 Å². The van der Waals surface area contributed by atoms with Gasteiger partial charge in [0.1, 0.15) is 11.6 Å². The van der Waals surface area contributed by atoms with Crippen molar-refractivity contribution in [2.75, 3.05) is 41.1 Å². The molecule has 0 bridgehead atoms. The first-order chi connectivity index (χ1) is 16.1. The Labute approximate surface area is 213 Å². The predicted molar refractivity (Wildman–Crippen MR) is 138 cm³/mol. The van der Waals surface area contributed by atoms with Gasteiger partial charge in [0.25, 0.3) is 0 Å². The third kappa shape index (κ3) is 15.8. The molecule has 0 aromatic carbocycles. The van der Waals surface area contributed by atoms with Crippen molar-refractivity contribution in [2.24, 2.45) is 11.3 Å². The molecule has 1 fully saturated rings. The van der Waals surface area contributed by atoms with Crippen LogP contribution in [0.3, 0.4) is 0 Å². The first-order valence-corrected chi connectivity index (χ1v) is 12.4. The van der Waals surface area contributed by atoms with Crippen LogP contribution >= 0.6 is 0 Å². The van der Waals surface area contributed by atoms with Gasteiger partial charge >= 0.3 is 5.97 Å². The third-order valence-electron chi connectivity index (χ3n) is 5.34. The van der Waals surface area contributed by atoms with Crippen LogP contribution in [0.15, 0.2) is 0 Å². The molecule has 0 aliphatic carbocycles. The highest BCUT2D eigenvalue weighted by Gasteiger charge is 2.41. The first kappa shape index (κ1) is 35.5. The summed E-state index contributed by atoms with van der Waals surface area (Å²) in [5.41, 5.74) is -0.532. The number of likely N-dealkylation sites (tertiary alicyclic amines) is 1. The summed E-state index contributed by atoms with van der Waals surface area (Å²) in [4.78, 5) is 37.7. The Kier molecular flexibility index (Phi) is 17.9. The lowest BCUT2D eigenvalue weighted by atomic mass is 9.80. The molecule has 1 aliphatic heterocycles. The Bertz CT molecular complexity index is 612. The molecular weight excluding hydrogens is 452 g/mol. The number of aliphatic hydroxyl groups is 1. The van der Waals surface area contributed by atoms with Gasteiger partial charge in [0, 0.05) is 47.4 Å². The molecule has 35 heavy (non-hydrogen) atoms. The SMILES string of the molecule is CC(=O)OC(C)(C)C.CO.COCCCC(C)NC(=O)C1CCCN1C(=O)C(COC)C(C)(C)C. The molecule has 3 atom stereocenters. The van der Waals surface area contributed by atoms with Gasteiger partial charge in [-0.15, -0.1) is 0 Å². The Balaban J connectivity index is 0. The standard InChI is InChI=1S/C19H36N2O4.C6H12O2.CH4O/c1-14(9-8-12-24-5)20-17(22)16-10-7-11-21(16)18(23)15(13-25-6)19(2,3)4;1-5(7)8-6(2,3)4;1-2/h14-16H,7-13H2,1-6H3,(H,20,22);1-4H3;2H,1H3. The maximum absolute atomic E-state index is 13.0. The average molecular weight is 505 g/mol. The van der Waals surface area contributed by atoms with Crippen LogP contribution in [0.5, 0.6) is 0 Å². The second-order valence-corrected chi connectivity index (χ2v) is 10.8. The van der Waals surface area contributed by atoms with Crippen molar-refractivity contribution in [2.45, 2.75) is 98.8 Å². The summed E-state index contributed by atoms with van der Waals surface area (Å²) in [6.45, 7) is 16.8. The van der Waals surface area contributed by atoms with E-state index in [0.717, 1.165) is 32.8 Å². The second-order valence-electron chi connectivity index (χ2n) is 10.8. The third-order valence-corrected chi connectivity index (χ3v) is 5.34. The second kappa shape index (κ2) is 17.7. The van der Waals surface area contributed by atoms with Gasteiger partial charge in [-0.25, -0.2) is 0 Å². The van der Waals surface area contributed by atoms with Crippen molar-refractivity contribution in [1.29, 1.82) is 0 Å². The van der Waals surface area contributed by atoms with E-state index >= 15 is 0 Å². The summed E-state index contributed by atoms with van der Waals surface area (Å²) in [5, 5.41) is 10.1. The molecule has 3 unspecified atom stereocenters. The number of aliphatic hydroxyl groups excluding tert-OH is 1. The van der Waals surface area contributed by atoms with Crippen LogP contribution < -0.4 is 5.32 Å². The largest absolute Gasteiger partial charge is 0.460 e. The molecule has 9 nitrogen and oxygen atoms in total. The number of esters is 1. The van der Waals surface area contributed by atoms with E-state index in [0.29, 0.717) is 19.8 Å². The molecule has 208 valence electrons. The van der Waals surface area contributed by atoms with Crippen molar-refractivity contribution < 1.29 is 33.7 Å². The summed E-state index contributed by atoms with van der Waals surface area (Å²) in [5.74, 6) is -0.484. The summed E-state index contributed by atoms with van der Waals surface area (Å²) in [7, 11) is 4.29. The maximum atomic E-state index is 13.0. The highest BCUT2D eigenvalue weighted by molar-refractivity contribution is 5.89. The fourth-order valence-corrected chi connectivity index (χ4v) is 3.74. The molecule has 0 aromatic rings. The van der Waals surface area contributed by atoms with Crippen LogP contribution in [0.2, 0.25) is 0 Å². The monoisotopic (exact) mass is 504 g/mol. The lowest BCUT2D eigenvalue weighted by molar-refractivity contribution is -0.152. The average Bonchev–Trinajstić information content (AvgIpc) is 3.21. The van der Waals surface area contributed by atoms with Gasteiger partial charge in [0.15, 0.2) is 0 Å². The van der Waals surface area contributed by atoms with Gasteiger partial charge in [-0.05, 0) is 58.8 Å². The fraction of sp³-hybridized carbons (Fsp3) is 0.885. The zero-order chi connectivity index (χ0) is 27.8. The maximum Gasteiger partial charge on any atom is 0.303 e. The van der Waals surface area contributed by atoms with E-state index in [1.54, 1.807) is 19.1 Å². The van der Waals surface area contributed by atoms with Gasteiger partial charge in [0.2, 0.25) is 11.8 Å². The van der Waals surface area contributed by atoms with Crippen molar-refractivity contribution >= 4 is 17.8 Å². The lowest BCUT2D eigenvalue weighted by Gasteiger charge is -2.34. The smallest absolute Gasteiger partial charge is 0.303 e. The van der Waals surface area contributed by atoms with E-state index in [2.05, 4.69) is 5.32 Å². The normalized spacial score (nSPS) is 17.3. The zero-order valence-electron chi connectivity index (χ0n) is 24.0. The summed E-state index contributed by atoms with van der Waals surface area (Å²) in [6, 6.07) is -0.281. The number of hydrogen-bond acceptors (Lipinski definition) is 7. The number of carbonyl (C=O) groups is 3. The van der Waals surface area contributed by atoms with E-state index in [1.807, 2.05) is 48.5 Å². The number of nitrogens with zero attached hydrogens (tertiary/aromatic N) is 1. The summed E-state index contributed by atoms with van der Waals surface area (Å²) in [6.07, 6.45) is 3.37. The van der Waals surface area contributed by atoms with E-state index in [1.165, 1.54) is 6.92 Å². The highest BCUT2D eigenvalue weighted by Crippen LogP contribution is 2.31. The Hall–Kier alpha value is -1.71. The molecule has 0 spiro atoms. The van der Waals surface area contributed by atoms with Crippen LogP contribution in [-0.4, -0.2) is 86.6 Å². The summed E-state index contributed by atoms with van der Waals surface area (Å²) >= 11 is 0. The molecule has 1 heterocycles. The van der Waals surface area contributed by atoms with Gasteiger partial charge in [-0.2, -0.15) is 0 Å². The van der Waals surface area contributed by atoms with Crippen LogP contribution in [0, 0.1) is 11.3 Å². The van der Waals surface area contributed by atoms with Crippen LogP contribution in [-0.2, 0) is 28.6 Å². The van der Waals surface area contributed by atoms with Crippen molar-refractivity contribution in [1.82, 2.24) is 10.2 Å². The molecule has 0 radical (unpaired) electrons. The first-order valence-electron chi connectivity index (χ1n) is 12.4. The van der Waals surface area contributed by atoms with Crippen LogP contribution in [0.4, 0.5) is 0 Å². The Morgan fingerprint density at radius 1 is 1.06 bits per heavy atom. The van der Waals surface area contributed by atoms with Crippen LogP contribution in [0.1, 0.15) is 81.1 Å². The minimum atomic E-state index is -0.362. The predicted octanol–water partition coefficient (Wildman–Crippen LogP) is 3.17. The zero-order valence-corrected chi connectivity index (χ0v) is 24.0. The number of hydrogen-bond donors (Lipinski definition) is 2. The van der Waals surface area contributed by atoms with Crippen LogP contribution in [0.25, 0.3) is 0 Å². The van der Waals surface area contributed by atoms with E-state index < -0.39 is 0 Å². The molecule has 2 amide bonds. The van der Waals surface area contributed by atoms with Gasteiger partial charge in [-0.3, -0.25) is 14.4 Å². The van der Waals surface area contributed by atoms with Gasteiger partial charge in [-0.1, -0.05) is 20.8 Å². The number of rotatable bonds is 9. The van der Waals surface area contributed by atoms with Gasteiger partial charge < -0.3 is 29.5 Å². The minimum absolute atomic E-state index is 0.0269. The topological polar surface area (TPSA) is 114 Å². The summed E-state index contributed by atoms with van der Waals surface area (Å²) < 4.78 is 15.1. The quantitative estimate of drug-likeness (QED) is 0.366. The van der Waals surface area contributed by atoms with Crippen molar-refractivity contribution in [3.63, 3.8) is 0 Å². The molecule has 0 saturated carbocycles. The highest BCUT2D eigenvalue weighted by atomic mass is 16.6. The number of methoxy groups -OCH3 is 2. The number of nitrogens with one attached hydrogen (secondary N) is 1. The number of carbonyl (C=O) groups excluding carboxylic acids is 3. The number of amides is 2. The molecule has 2 N–H and O–H groups in total. The molecule has 0 aromatic heterocycles. The fourth-order valence-electron chi connectivity index (χ4n) is 3.74. The molecule has 1 saturated heterocycles. The van der Waals surface area contributed by atoms with Crippen molar-refractivity contribution in [3.8, 4) is 0 Å². The lowest BCUT2D eigenvalue weighted by Crippen LogP contribution is -2.51. The number of ether oxygens (including phenoxy) is 3. The van der Waals surface area contributed by atoms with E-state index in [9.17, 15) is 14.4 Å². The van der Waals surface area contributed by atoms with Gasteiger partial charge in [0.05, 0.1) is 12.5 Å². The Morgan fingerprint density at radius 2 is 1.63 bits per heavy atom. The molecule has 1 rings (SSSR count). The molecular formula is C26H52N2O7. The minimum Gasteiger partial charge on any atom is -0.460 e. The van der Waals surface area contributed by atoms with E-state index in [-0.39, 0.29) is 46.8 Å². The van der Waals surface area contributed by atoms with Crippen molar-refractivity contribution in [3.05, 3.63) is 0 Å². The molecule has 9 heteroatoms. The Morgan fingerprint density at radius 3 is 2.03 bits per heavy atom.